The second-order valence-electron chi connectivity index (χ2n) is 6.81. The van der Waals surface area contributed by atoms with Crippen LogP contribution in [0.3, 0.4) is 0 Å². The molecule has 2 fully saturated rings. The molecule has 2 amide bonds. The highest BCUT2D eigenvalue weighted by Crippen LogP contribution is 2.32. The van der Waals surface area contributed by atoms with Gasteiger partial charge in [0.2, 0.25) is 5.91 Å². The summed E-state index contributed by atoms with van der Waals surface area (Å²) in [5, 5.41) is 2.84. The van der Waals surface area contributed by atoms with Crippen LogP contribution in [0.25, 0.3) is 0 Å². The van der Waals surface area contributed by atoms with Crippen LogP contribution in [-0.2, 0) is 19.1 Å². The molecule has 0 aliphatic carbocycles. The predicted molar refractivity (Wildman–Crippen MR) is 78.0 cm³/mol. The van der Waals surface area contributed by atoms with E-state index < -0.39 is 23.6 Å². The number of nitrogens with one attached hydrogen (secondary N) is 1. The molecule has 0 aromatic rings. The lowest BCUT2D eigenvalue weighted by Crippen LogP contribution is -2.54. The summed E-state index contributed by atoms with van der Waals surface area (Å²) in [4.78, 5) is 37.6. The third-order valence-electron chi connectivity index (χ3n) is 4.03. The maximum absolute atomic E-state index is 12.3. The van der Waals surface area contributed by atoms with E-state index in [1.807, 2.05) is 0 Å². The Balaban J connectivity index is 2.04. The SMILES string of the molecule is COC(=O)[C@@H]1C[C@@H]2[C@@H](NC(=O)OC(C)(C)C)CCCN2C1=O. The van der Waals surface area contributed by atoms with Gasteiger partial charge in [0.25, 0.3) is 0 Å². The summed E-state index contributed by atoms with van der Waals surface area (Å²) in [6, 6.07) is -0.361. The Morgan fingerprint density at radius 2 is 2.00 bits per heavy atom. The molecule has 2 saturated heterocycles. The van der Waals surface area contributed by atoms with Gasteiger partial charge in [0.1, 0.15) is 11.5 Å². The maximum Gasteiger partial charge on any atom is 0.407 e. The van der Waals surface area contributed by atoms with E-state index in [-0.39, 0.29) is 18.0 Å². The van der Waals surface area contributed by atoms with Gasteiger partial charge < -0.3 is 19.7 Å². The number of amides is 2. The zero-order chi connectivity index (χ0) is 16.5. The van der Waals surface area contributed by atoms with Crippen molar-refractivity contribution in [2.75, 3.05) is 13.7 Å². The Morgan fingerprint density at radius 3 is 2.59 bits per heavy atom. The molecule has 2 aliphatic heterocycles. The van der Waals surface area contributed by atoms with Crippen LogP contribution in [0.1, 0.15) is 40.0 Å². The minimum Gasteiger partial charge on any atom is -0.468 e. The standard InChI is InChI=1S/C15H24N2O5/c1-15(2,3)22-14(20)16-10-6-5-7-17-11(10)8-9(12(17)18)13(19)21-4/h9-11H,5-8H2,1-4H3,(H,16,20)/t9-,10+,11-/m1/s1. The summed E-state index contributed by atoms with van der Waals surface area (Å²) < 4.78 is 9.96. The third-order valence-corrected chi connectivity index (χ3v) is 4.03. The van der Waals surface area contributed by atoms with Crippen molar-refractivity contribution >= 4 is 18.0 Å². The Bertz CT molecular complexity index is 471. The molecule has 124 valence electrons. The normalized spacial score (nSPS) is 28.1. The number of esters is 1. The van der Waals surface area contributed by atoms with E-state index in [1.165, 1.54) is 7.11 Å². The Morgan fingerprint density at radius 1 is 1.32 bits per heavy atom. The van der Waals surface area contributed by atoms with Gasteiger partial charge in [-0.3, -0.25) is 9.59 Å². The van der Waals surface area contributed by atoms with E-state index >= 15 is 0 Å². The van der Waals surface area contributed by atoms with Crippen molar-refractivity contribution in [2.45, 2.75) is 57.7 Å². The van der Waals surface area contributed by atoms with Crippen LogP contribution < -0.4 is 5.32 Å². The van der Waals surface area contributed by atoms with Crippen molar-refractivity contribution in [3.8, 4) is 0 Å². The number of carbonyl (C=O) groups is 3. The summed E-state index contributed by atoms with van der Waals surface area (Å²) in [5.41, 5.74) is -0.571. The molecule has 3 atom stereocenters. The number of rotatable bonds is 2. The summed E-state index contributed by atoms with van der Waals surface area (Å²) in [6.07, 6.45) is 1.44. The smallest absolute Gasteiger partial charge is 0.407 e. The zero-order valence-corrected chi connectivity index (χ0v) is 13.5. The highest BCUT2D eigenvalue weighted by atomic mass is 16.6. The minimum atomic E-state index is -0.754. The largest absolute Gasteiger partial charge is 0.468 e. The molecule has 0 saturated carbocycles. The number of methoxy groups -OCH3 is 1. The van der Waals surface area contributed by atoms with E-state index in [1.54, 1.807) is 25.7 Å². The average Bonchev–Trinajstić information content (AvgIpc) is 2.75. The molecule has 0 aromatic carbocycles. The Hall–Kier alpha value is -1.79. The van der Waals surface area contributed by atoms with Crippen molar-refractivity contribution in [3.05, 3.63) is 0 Å². The summed E-state index contributed by atoms with van der Waals surface area (Å²) in [7, 11) is 1.28. The lowest BCUT2D eigenvalue weighted by Gasteiger charge is -2.37. The van der Waals surface area contributed by atoms with Gasteiger partial charge >= 0.3 is 12.1 Å². The summed E-state index contributed by atoms with van der Waals surface area (Å²) in [6.45, 7) is 6.01. The molecule has 7 nitrogen and oxygen atoms in total. The number of carbonyl (C=O) groups excluding carboxylic acids is 3. The van der Waals surface area contributed by atoms with Gasteiger partial charge in [-0.15, -0.1) is 0 Å². The van der Waals surface area contributed by atoms with Gasteiger partial charge in [0.15, 0.2) is 0 Å². The van der Waals surface area contributed by atoms with Crippen LogP contribution in [0.5, 0.6) is 0 Å². The van der Waals surface area contributed by atoms with Crippen LogP contribution in [0.15, 0.2) is 0 Å². The molecular formula is C15H24N2O5. The van der Waals surface area contributed by atoms with Crippen LogP contribution in [-0.4, -0.2) is 54.2 Å². The topological polar surface area (TPSA) is 84.9 Å². The number of alkyl carbamates (subject to hydrolysis) is 1. The summed E-state index contributed by atoms with van der Waals surface area (Å²) in [5.74, 6) is -1.46. The van der Waals surface area contributed by atoms with Crippen LogP contribution in [0.2, 0.25) is 0 Å². The highest BCUT2D eigenvalue weighted by molar-refractivity contribution is 5.99. The van der Waals surface area contributed by atoms with E-state index in [2.05, 4.69) is 5.32 Å². The fraction of sp³-hybridized carbons (Fsp3) is 0.800. The van der Waals surface area contributed by atoms with Crippen molar-refractivity contribution in [2.24, 2.45) is 5.92 Å². The van der Waals surface area contributed by atoms with Crippen molar-refractivity contribution < 1.29 is 23.9 Å². The maximum atomic E-state index is 12.3. The second-order valence-corrected chi connectivity index (χ2v) is 6.81. The zero-order valence-electron chi connectivity index (χ0n) is 13.5. The fourth-order valence-corrected chi connectivity index (χ4v) is 3.13. The van der Waals surface area contributed by atoms with Gasteiger partial charge in [0.05, 0.1) is 19.2 Å². The molecule has 2 rings (SSSR count). The lowest BCUT2D eigenvalue weighted by molar-refractivity contribution is -0.150. The monoisotopic (exact) mass is 312 g/mol. The Labute approximate surface area is 130 Å². The number of hydrogen-bond acceptors (Lipinski definition) is 5. The molecule has 1 N–H and O–H groups in total. The predicted octanol–water partition coefficient (Wildman–Crippen LogP) is 1.06. The van der Waals surface area contributed by atoms with Gasteiger partial charge in [-0.05, 0) is 40.0 Å². The molecular weight excluding hydrogens is 288 g/mol. The fourth-order valence-electron chi connectivity index (χ4n) is 3.13. The minimum absolute atomic E-state index is 0.169. The molecule has 2 heterocycles. The van der Waals surface area contributed by atoms with Crippen LogP contribution in [0.4, 0.5) is 4.79 Å². The molecule has 22 heavy (non-hydrogen) atoms. The molecule has 0 aromatic heterocycles. The first-order valence-electron chi connectivity index (χ1n) is 7.61. The van der Waals surface area contributed by atoms with Crippen molar-refractivity contribution in [3.63, 3.8) is 0 Å². The first-order chi connectivity index (χ1) is 10.2. The number of ether oxygens (including phenoxy) is 2. The number of piperidine rings is 1. The number of fused-ring (bicyclic) bond motifs is 1. The number of hydrogen-bond donors (Lipinski definition) is 1. The van der Waals surface area contributed by atoms with Gasteiger partial charge in [-0.1, -0.05) is 0 Å². The quantitative estimate of drug-likeness (QED) is 0.609. The van der Waals surface area contributed by atoms with Crippen LogP contribution in [0, 0.1) is 5.92 Å². The van der Waals surface area contributed by atoms with Crippen molar-refractivity contribution in [1.82, 2.24) is 10.2 Å². The molecule has 0 spiro atoms. The summed E-state index contributed by atoms with van der Waals surface area (Å²) >= 11 is 0. The van der Waals surface area contributed by atoms with Crippen molar-refractivity contribution in [1.29, 1.82) is 0 Å². The molecule has 0 unspecified atom stereocenters. The first kappa shape index (κ1) is 16.6. The van der Waals surface area contributed by atoms with E-state index in [0.717, 1.165) is 12.8 Å². The van der Waals surface area contributed by atoms with Gasteiger partial charge in [-0.25, -0.2) is 4.79 Å². The lowest BCUT2D eigenvalue weighted by atomic mass is 9.94. The van der Waals surface area contributed by atoms with E-state index in [4.69, 9.17) is 9.47 Å². The van der Waals surface area contributed by atoms with Gasteiger partial charge in [-0.2, -0.15) is 0 Å². The first-order valence-corrected chi connectivity index (χ1v) is 7.61. The average molecular weight is 312 g/mol. The molecule has 7 heteroatoms. The molecule has 2 aliphatic rings. The third kappa shape index (κ3) is 3.51. The van der Waals surface area contributed by atoms with E-state index in [9.17, 15) is 14.4 Å². The Kier molecular flexibility index (Phi) is 4.63. The number of nitrogens with zero attached hydrogens (tertiary/aromatic N) is 1. The molecule has 0 bridgehead atoms. The van der Waals surface area contributed by atoms with Crippen LogP contribution >= 0.6 is 0 Å². The highest BCUT2D eigenvalue weighted by Gasteiger charge is 2.48. The second kappa shape index (κ2) is 6.14. The van der Waals surface area contributed by atoms with E-state index in [0.29, 0.717) is 13.0 Å². The van der Waals surface area contributed by atoms with Gasteiger partial charge in [0, 0.05) is 6.54 Å². The molecule has 0 radical (unpaired) electrons.